The Hall–Kier alpha value is -2.71. The van der Waals surface area contributed by atoms with Crippen LogP contribution < -0.4 is 16.7 Å². The van der Waals surface area contributed by atoms with Gasteiger partial charge in [-0.3, -0.25) is 14.8 Å². The first-order chi connectivity index (χ1) is 15.3. The van der Waals surface area contributed by atoms with Gasteiger partial charge in [0.25, 0.3) is 0 Å². The molecule has 4 rings (SSSR count). The summed E-state index contributed by atoms with van der Waals surface area (Å²) in [4.78, 5) is 33.5. The number of benzene rings is 1. The Bertz CT molecular complexity index is 1000. The van der Waals surface area contributed by atoms with E-state index in [2.05, 4.69) is 34.3 Å². The van der Waals surface area contributed by atoms with E-state index in [0.29, 0.717) is 13.1 Å². The summed E-state index contributed by atoms with van der Waals surface area (Å²) < 4.78 is 1.49. The molecule has 8 heteroatoms. The van der Waals surface area contributed by atoms with Gasteiger partial charge in [0, 0.05) is 37.9 Å². The molecular formula is C24H34N6O2. The minimum Gasteiger partial charge on any atom is -0.325 e. The number of carbonyl (C=O) groups excluding carboxylic acids is 1. The van der Waals surface area contributed by atoms with Gasteiger partial charge < -0.3 is 10.6 Å². The Morgan fingerprint density at radius 1 is 1.19 bits per heavy atom. The van der Waals surface area contributed by atoms with Crippen LogP contribution in [0.1, 0.15) is 45.1 Å². The molecule has 172 valence electrons. The first-order valence-corrected chi connectivity index (χ1v) is 11.6. The lowest BCUT2D eigenvalue weighted by Crippen LogP contribution is -2.39. The third kappa shape index (κ3) is 5.55. The molecule has 0 bridgehead atoms. The number of carbonyl (C=O) groups is 1. The third-order valence-electron chi connectivity index (χ3n) is 6.58. The van der Waals surface area contributed by atoms with Crippen molar-refractivity contribution in [1.29, 1.82) is 0 Å². The maximum Gasteiger partial charge on any atom is 0.354 e. The topological polar surface area (TPSA) is 96.5 Å². The summed E-state index contributed by atoms with van der Waals surface area (Å²) in [5.74, 6) is 1.02. The zero-order valence-electron chi connectivity index (χ0n) is 19.1. The molecule has 2 aliphatic heterocycles. The van der Waals surface area contributed by atoms with Gasteiger partial charge in [0.2, 0.25) is 0 Å². The highest BCUT2D eigenvalue weighted by atomic mass is 16.2. The molecule has 2 amide bonds. The van der Waals surface area contributed by atoms with Crippen molar-refractivity contribution in [3.63, 3.8) is 0 Å². The van der Waals surface area contributed by atoms with Crippen molar-refractivity contribution >= 4 is 11.8 Å². The van der Waals surface area contributed by atoms with Gasteiger partial charge in [0.1, 0.15) is 5.82 Å². The second-order valence-electron chi connectivity index (χ2n) is 9.69. The van der Waals surface area contributed by atoms with Crippen LogP contribution in [0.5, 0.6) is 0 Å². The van der Waals surface area contributed by atoms with E-state index >= 15 is 0 Å². The number of nitrogens with one attached hydrogen (secondary N) is 1. The van der Waals surface area contributed by atoms with Crippen LogP contribution in [0, 0.1) is 5.92 Å². The minimum absolute atomic E-state index is 0.240. The summed E-state index contributed by atoms with van der Waals surface area (Å²) in [5.41, 5.74) is 7.55. The van der Waals surface area contributed by atoms with Crippen molar-refractivity contribution in [3.05, 3.63) is 52.6 Å². The van der Waals surface area contributed by atoms with Crippen LogP contribution in [0.3, 0.4) is 0 Å². The quantitative estimate of drug-likeness (QED) is 0.765. The average molecular weight is 439 g/mol. The number of hydrogen-bond donors (Lipinski definition) is 2. The fourth-order valence-corrected chi connectivity index (χ4v) is 4.55. The molecule has 2 unspecified atom stereocenters. The van der Waals surface area contributed by atoms with Crippen LogP contribution in [0.2, 0.25) is 0 Å². The van der Waals surface area contributed by atoms with Crippen molar-refractivity contribution in [2.75, 3.05) is 31.5 Å². The predicted octanol–water partition coefficient (Wildman–Crippen LogP) is 2.81. The molecule has 1 aromatic heterocycles. The first-order valence-electron chi connectivity index (χ1n) is 11.6. The monoisotopic (exact) mass is 438 g/mol. The van der Waals surface area contributed by atoms with E-state index in [0.717, 1.165) is 50.5 Å². The summed E-state index contributed by atoms with van der Waals surface area (Å²) >= 11 is 0. The van der Waals surface area contributed by atoms with Crippen LogP contribution in [0.25, 0.3) is 5.69 Å². The molecule has 0 saturated carbocycles. The average Bonchev–Trinajstić information content (AvgIpc) is 3.06. The van der Waals surface area contributed by atoms with E-state index in [9.17, 15) is 9.59 Å². The maximum atomic E-state index is 12.6. The number of nitrogens with two attached hydrogens (primary N) is 1. The van der Waals surface area contributed by atoms with E-state index in [1.165, 1.54) is 16.6 Å². The largest absolute Gasteiger partial charge is 0.354 e. The van der Waals surface area contributed by atoms with Gasteiger partial charge in [-0.15, -0.1) is 0 Å². The summed E-state index contributed by atoms with van der Waals surface area (Å²) in [5, 5.41) is 2.76. The minimum atomic E-state index is -0.422. The fraction of sp³-hybridized carbons (Fsp3) is 0.542. The Morgan fingerprint density at radius 3 is 2.66 bits per heavy atom. The van der Waals surface area contributed by atoms with Crippen LogP contribution in [0.15, 0.2) is 41.3 Å². The summed E-state index contributed by atoms with van der Waals surface area (Å²) in [6.45, 7) is 8.77. The molecule has 32 heavy (non-hydrogen) atoms. The van der Waals surface area contributed by atoms with Crippen LogP contribution >= 0.6 is 0 Å². The molecule has 2 aliphatic rings. The highest BCUT2D eigenvalue weighted by Gasteiger charge is 2.26. The summed E-state index contributed by atoms with van der Waals surface area (Å²) in [6.07, 6.45) is 5.42. The first kappa shape index (κ1) is 22.5. The van der Waals surface area contributed by atoms with Crippen LogP contribution in [0.4, 0.5) is 10.6 Å². The maximum absolute atomic E-state index is 12.6. The van der Waals surface area contributed by atoms with Gasteiger partial charge in [0.05, 0.1) is 5.69 Å². The zero-order chi connectivity index (χ0) is 22.7. The van der Waals surface area contributed by atoms with Crippen molar-refractivity contribution in [2.24, 2.45) is 11.7 Å². The SMILES string of the molecule is CC1CCN(Cc2ccc(-n3ccc(NC(=O)N4CCCC(C)(N)CC4)nc3=O)cc2)C1. The Kier molecular flexibility index (Phi) is 6.62. The molecule has 3 heterocycles. The smallest absolute Gasteiger partial charge is 0.325 e. The molecule has 1 aromatic carbocycles. The van der Waals surface area contributed by atoms with E-state index < -0.39 is 5.69 Å². The normalized spacial score (nSPS) is 24.3. The molecule has 3 N–H and O–H groups in total. The molecule has 2 atom stereocenters. The molecule has 2 aromatic rings. The van der Waals surface area contributed by atoms with Crippen LogP contribution in [-0.4, -0.2) is 57.1 Å². The lowest BCUT2D eigenvalue weighted by molar-refractivity contribution is 0.212. The highest BCUT2D eigenvalue weighted by Crippen LogP contribution is 2.20. The number of rotatable bonds is 4. The third-order valence-corrected chi connectivity index (χ3v) is 6.58. The Morgan fingerprint density at radius 2 is 1.97 bits per heavy atom. The number of urea groups is 1. The number of likely N-dealkylation sites (tertiary alicyclic amines) is 2. The van der Waals surface area contributed by atoms with E-state index in [1.54, 1.807) is 17.2 Å². The van der Waals surface area contributed by atoms with Crippen molar-refractivity contribution < 1.29 is 4.79 Å². The number of nitrogens with zero attached hydrogens (tertiary/aromatic N) is 4. The Labute approximate surface area is 189 Å². The summed E-state index contributed by atoms with van der Waals surface area (Å²) in [6, 6.07) is 9.42. The van der Waals surface area contributed by atoms with Crippen molar-refractivity contribution in [3.8, 4) is 5.69 Å². The molecule has 2 fully saturated rings. The van der Waals surface area contributed by atoms with Gasteiger partial charge in [-0.05, 0) is 68.8 Å². The number of aromatic nitrogens is 2. The standard InChI is InChI=1S/C24H34N6O2/c1-18-8-13-28(16-18)17-19-4-6-20(7-5-19)30-14-9-21(27-23(30)32)26-22(31)29-12-3-10-24(2,25)11-15-29/h4-7,9,14,18H,3,8,10-13,15-17,25H2,1-2H3,(H,26,27,31,32). The van der Waals surface area contributed by atoms with E-state index in [1.807, 2.05) is 19.1 Å². The number of anilines is 1. The second-order valence-corrected chi connectivity index (χ2v) is 9.69. The van der Waals surface area contributed by atoms with Crippen molar-refractivity contribution in [2.45, 2.75) is 51.6 Å². The van der Waals surface area contributed by atoms with E-state index in [-0.39, 0.29) is 17.4 Å². The highest BCUT2D eigenvalue weighted by molar-refractivity contribution is 5.88. The molecule has 0 radical (unpaired) electrons. The van der Waals surface area contributed by atoms with Gasteiger partial charge in [-0.1, -0.05) is 19.1 Å². The molecule has 0 spiro atoms. The number of amides is 2. The molecule has 8 nitrogen and oxygen atoms in total. The van der Waals surface area contributed by atoms with E-state index in [4.69, 9.17) is 5.73 Å². The van der Waals surface area contributed by atoms with Crippen molar-refractivity contribution in [1.82, 2.24) is 19.4 Å². The molecule has 2 saturated heterocycles. The fourth-order valence-electron chi connectivity index (χ4n) is 4.55. The lowest BCUT2D eigenvalue weighted by Gasteiger charge is -2.23. The van der Waals surface area contributed by atoms with Gasteiger partial charge in [-0.2, -0.15) is 4.98 Å². The zero-order valence-corrected chi connectivity index (χ0v) is 19.1. The number of hydrogen-bond acceptors (Lipinski definition) is 5. The summed E-state index contributed by atoms with van der Waals surface area (Å²) in [7, 11) is 0. The lowest BCUT2D eigenvalue weighted by atomic mass is 9.95. The molecule has 0 aliphatic carbocycles. The predicted molar refractivity (Wildman–Crippen MR) is 126 cm³/mol. The van der Waals surface area contributed by atoms with Crippen LogP contribution in [-0.2, 0) is 6.54 Å². The Balaban J connectivity index is 1.38. The van der Waals surface area contributed by atoms with Gasteiger partial charge >= 0.3 is 11.7 Å². The second kappa shape index (κ2) is 9.42. The van der Waals surface area contributed by atoms with Gasteiger partial charge in [0.15, 0.2) is 0 Å². The molecular weight excluding hydrogens is 404 g/mol. The van der Waals surface area contributed by atoms with Gasteiger partial charge in [-0.25, -0.2) is 9.59 Å².